The minimum Gasteiger partial charge on any atom is -0.507 e. The Bertz CT molecular complexity index is 410. The van der Waals surface area contributed by atoms with E-state index in [0.717, 1.165) is 5.75 Å². The Morgan fingerprint density at radius 2 is 1.79 bits per heavy atom. The molecule has 0 unspecified atom stereocenters. The molecule has 1 N–H and O–H groups in total. The van der Waals surface area contributed by atoms with Crippen LogP contribution in [0.1, 0.15) is 0 Å². The lowest BCUT2D eigenvalue weighted by Gasteiger charge is -2.04. The molecule has 14 heavy (non-hydrogen) atoms. The fourth-order valence-corrected chi connectivity index (χ4v) is 1.12. The van der Waals surface area contributed by atoms with Crippen molar-refractivity contribution in [3.63, 3.8) is 0 Å². The van der Waals surface area contributed by atoms with Crippen LogP contribution in [0.2, 0.25) is 0 Å². The van der Waals surface area contributed by atoms with Crippen molar-refractivity contribution in [2.45, 2.75) is 0 Å². The Labute approximate surface area is 82.4 Å². The minimum atomic E-state index is 0.0819. The van der Waals surface area contributed by atoms with Gasteiger partial charge < -0.3 is 9.84 Å². The van der Waals surface area contributed by atoms with E-state index in [1.807, 2.05) is 30.3 Å². The van der Waals surface area contributed by atoms with E-state index in [1.54, 1.807) is 12.1 Å². The van der Waals surface area contributed by atoms with Gasteiger partial charge in [-0.2, -0.15) is 0 Å². The van der Waals surface area contributed by atoms with Gasteiger partial charge in [-0.3, -0.25) is 0 Å². The van der Waals surface area contributed by atoms with Crippen LogP contribution in [0.3, 0.4) is 0 Å². The van der Waals surface area contributed by atoms with Gasteiger partial charge >= 0.3 is 0 Å². The van der Waals surface area contributed by atoms with E-state index < -0.39 is 0 Å². The summed E-state index contributed by atoms with van der Waals surface area (Å²) in [6, 6.07) is 16.9. The van der Waals surface area contributed by atoms with Gasteiger partial charge in [0.05, 0.1) is 0 Å². The fourth-order valence-electron chi connectivity index (χ4n) is 1.12. The number of benzene rings is 2. The Morgan fingerprint density at radius 3 is 2.50 bits per heavy atom. The third kappa shape index (κ3) is 2.04. The zero-order valence-electron chi connectivity index (χ0n) is 7.47. The van der Waals surface area contributed by atoms with Gasteiger partial charge in [0, 0.05) is 12.1 Å². The first-order chi connectivity index (χ1) is 6.84. The van der Waals surface area contributed by atoms with Crippen LogP contribution < -0.4 is 4.74 Å². The molecule has 0 aromatic heterocycles. The lowest BCUT2D eigenvalue weighted by Crippen LogP contribution is -1.82. The van der Waals surface area contributed by atoms with Crippen molar-refractivity contribution in [2.24, 2.45) is 0 Å². The van der Waals surface area contributed by atoms with Crippen LogP contribution >= 0.6 is 0 Å². The van der Waals surface area contributed by atoms with E-state index in [9.17, 15) is 0 Å². The molecule has 0 aliphatic rings. The van der Waals surface area contributed by atoms with Gasteiger partial charge in [-0.1, -0.05) is 18.2 Å². The number of ether oxygens (including phenoxy) is 1. The first kappa shape index (κ1) is 8.63. The van der Waals surface area contributed by atoms with Gasteiger partial charge in [0.1, 0.15) is 17.2 Å². The predicted molar refractivity (Wildman–Crippen MR) is 53.5 cm³/mol. The Morgan fingerprint density at radius 1 is 1.00 bits per heavy atom. The SMILES string of the molecule is Oc1[c]ccc(Oc2ccccc2)c1. The van der Waals surface area contributed by atoms with E-state index in [1.165, 1.54) is 6.07 Å². The molecule has 2 nitrogen and oxygen atoms in total. The molecule has 2 aromatic rings. The monoisotopic (exact) mass is 185 g/mol. The molecule has 2 rings (SSSR count). The molecule has 0 aliphatic heterocycles. The normalized spacial score (nSPS) is 9.71. The summed E-state index contributed by atoms with van der Waals surface area (Å²) in [5.41, 5.74) is 0. The van der Waals surface area contributed by atoms with Gasteiger partial charge in [-0.05, 0) is 24.3 Å². The summed E-state index contributed by atoms with van der Waals surface area (Å²) in [7, 11) is 0. The maximum absolute atomic E-state index is 9.16. The summed E-state index contributed by atoms with van der Waals surface area (Å²) >= 11 is 0. The van der Waals surface area contributed by atoms with Gasteiger partial charge in [-0.15, -0.1) is 0 Å². The smallest absolute Gasteiger partial charge is 0.131 e. The molecule has 0 atom stereocenters. The van der Waals surface area contributed by atoms with E-state index in [2.05, 4.69) is 6.07 Å². The Hall–Kier alpha value is -1.96. The molecule has 0 bridgehead atoms. The van der Waals surface area contributed by atoms with Crippen molar-refractivity contribution < 1.29 is 9.84 Å². The second kappa shape index (κ2) is 3.83. The summed E-state index contributed by atoms with van der Waals surface area (Å²) < 4.78 is 5.48. The fraction of sp³-hybridized carbons (Fsp3) is 0. The van der Waals surface area contributed by atoms with Crippen LogP contribution in [0, 0.1) is 6.07 Å². The third-order valence-corrected chi connectivity index (χ3v) is 1.74. The third-order valence-electron chi connectivity index (χ3n) is 1.74. The van der Waals surface area contributed by atoms with Crippen molar-refractivity contribution >= 4 is 0 Å². The van der Waals surface area contributed by atoms with E-state index in [-0.39, 0.29) is 5.75 Å². The topological polar surface area (TPSA) is 29.5 Å². The molecular weight excluding hydrogens is 176 g/mol. The standard InChI is InChI=1S/C12H9O2/c13-10-5-4-8-12(9-10)14-11-6-2-1-3-7-11/h1-4,6-9,13H. The zero-order valence-corrected chi connectivity index (χ0v) is 7.47. The van der Waals surface area contributed by atoms with Gasteiger partial charge in [-0.25, -0.2) is 0 Å². The molecule has 0 amide bonds. The number of hydrogen-bond donors (Lipinski definition) is 1. The molecule has 0 saturated carbocycles. The average Bonchev–Trinajstić information content (AvgIpc) is 2.19. The van der Waals surface area contributed by atoms with E-state index in [4.69, 9.17) is 9.84 Å². The highest BCUT2D eigenvalue weighted by Gasteiger charge is 1.96. The van der Waals surface area contributed by atoms with Crippen LogP contribution in [-0.2, 0) is 0 Å². The van der Waals surface area contributed by atoms with Crippen LogP contribution in [-0.4, -0.2) is 5.11 Å². The predicted octanol–water partition coefficient (Wildman–Crippen LogP) is 2.98. The first-order valence-corrected chi connectivity index (χ1v) is 4.28. The van der Waals surface area contributed by atoms with E-state index in [0.29, 0.717) is 5.75 Å². The molecule has 0 spiro atoms. The van der Waals surface area contributed by atoms with Crippen molar-refractivity contribution in [3.8, 4) is 17.2 Å². The summed E-state index contributed by atoms with van der Waals surface area (Å²) in [5, 5.41) is 9.16. The van der Waals surface area contributed by atoms with Crippen LogP contribution in [0.5, 0.6) is 17.2 Å². The van der Waals surface area contributed by atoms with Crippen LogP contribution in [0.4, 0.5) is 0 Å². The maximum atomic E-state index is 9.16. The van der Waals surface area contributed by atoms with Gasteiger partial charge in [0.15, 0.2) is 0 Å². The Balaban J connectivity index is 2.19. The van der Waals surface area contributed by atoms with Crippen molar-refractivity contribution in [1.82, 2.24) is 0 Å². The first-order valence-electron chi connectivity index (χ1n) is 4.28. The average molecular weight is 185 g/mol. The van der Waals surface area contributed by atoms with Crippen LogP contribution in [0.15, 0.2) is 48.5 Å². The van der Waals surface area contributed by atoms with Crippen molar-refractivity contribution in [3.05, 3.63) is 54.6 Å². The summed E-state index contributed by atoms with van der Waals surface area (Å²) in [4.78, 5) is 0. The highest BCUT2D eigenvalue weighted by Crippen LogP contribution is 2.23. The second-order valence-electron chi connectivity index (χ2n) is 2.82. The number of para-hydroxylation sites is 1. The molecule has 1 radical (unpaired) electrons. The lowest BCUT2D eigenvalue weighted by atomic mass is 10.3. The number of hydrogen-bond acceptors (Lipinski definition) is 2. The highest BCUT2D eigenvalue weighted by atomic mass is 16.5. The molecule has 0 heterocycles. The molecule has 0 aliphatic carbocycles. The summed E-state index contributed by atoms with van der Waals surface area (Å²) in [6.45, 7) is 0. The summed E-state index contributed by atoms with van der Waals surface area (Å²) in [5.74, 6) is 1.43. The quantitative estimate of drug-likeness (QED) is 0.779. The van der Waals surface area contributed by atoms with Crippen molar-refractivity contribution in [1.29, 1.82) is 0 Å². The molecule has 0 saturated heterocycles. The zero-order chi connectivity index (χ0) is 9.80. The molecular formula is C12H9O2. The number of aromatic hydroxyl groups is 1. The second-order valence-corrected chi connectivity index (χ2v) is 2.82. The molecule has 69 valence electrons. The molecule has 0 fully saturated rings. The van der Waals surface area contributed by atoms with E-state index >= 15 is 0 Å². The summed E-state index contributed by atoms with van der Waals surface area (Å²) in [6.07, 6.45) is 0. The number of phenolic OH excluding ortho intramolecular Hbond substituents is 1. The van der Waals surface area contributed by atoms with Crippen molar-refractivity contribution in [2.75, 3.05) is 0 Å². The Kier molecular flexibility index (Phi) is 2.36. The van der Waals surface area contributed by atoms with Crippen LogP contribution in [0.25, 0.3) is 0 Å². The number of phenols is 1. The highest BCUT2D eigenvalue weighted by molar-refractivity contribution is 5.35. The molecule has 2 heteroatoms. The number of rotatable bonds is 2. The molecule has 2 aromatic carbocycles. The van der Waals surface area contributed by atoms with Gasteiger partial charge in [0.2, 0.25) is 0 Å². The maximum Gasteiger partial charge on any atom is 0.131 e. The van der Waals surface area contributed by atoms with Gasteiger partial charge in [0.25, 0.3) is 0 Å². The lowest BCUT2D eigenvalue weighted by molar-refractivity contribution is 0.454. The largest absolute Gasteiger partial charge is 0.507 e. The minimum absolute atomic E-state index is 0.0819.